The van der Waals surface area contributed by atoms with Crippen LogP contribution in [-0.2, 0) is 16.4 Å². The van der Waals surface area contributed by atoms with Crippen LogP contribution in [0.5, 0.6) is 0 Å². The minimum atomic E-state index is -3.46. The summed E-state index contributed by atoms with van der Waals surface area (Å²) in [6, 6.07) is 16.4. The highest BCUT2D eigenvalue weighted by molar-refractivity contribution is 7.89. The summed E-state index contributed by atoms with van der Waals surface area (Å²) in [5.41, 5.74) is 1.85. The minimum Gasteiger partial charge on any atom is -0.339 e. The molecule has 0 spiro atoms. The van der Waals surface area contributed by atoms with Crippen LogP contribution in [0.4, 0.5) is 0 Å². The van der Waals surface area contributed by atoms with E-state index in [2.05, 4.69) is 4.72 Å². The van der Waals surface area contributed by atoms with Crippen LogP contribution in [0.15, 0.2) is 59.5 Å². The summed E-state index contributed by atoms with van der Waals surface area (Å²) in [5, 5.41) is 0. The van der Waals surface area contributed by atoms with Gasteiger partial charge >= 0.3 is 0 Å². The molecule has 0 unspecified atom stereocenters. The number of nitrogens with zero attached hydrogens (tertiary/aromatic N) is 1. The number of hydrogen-bond acceptors (Lipinski definition) is 3. The molecule has 2 aromatic carbocycles. The van der Waals surface area contributed by atoms with E-state index in [4.69, 9.17) is 0 Å². The van der Waals surface area contributed by atoms with Crippen LogP contribution in [0.3, 0.4) is 0 Å². The summed E-state index contributed by atoms with van der Waals surface area (Å²) in [7, 11) is -3.46. The van der Waals surface area contributed by atoms with Crippen LogP contribution in [-0.4, -0.2) is 38.9 Å². The van der Waals surface area contributed by atoms with Crippen molar-refractivity contribution in [3.8, 4) is 0 Å². The summed E-state index contributed by atoms with van der Waals surface area (Å²) in [6.45, 7) is 3.92. The molecule has 2 aromatic rings. The second-order valence-electron chi connectivity index (χ2n) is 7.29. The van der Waals surface area contributed by atoms with E-state index in [9.17, 15) is 13.2 Å². The van der Waals surface area contributed by atoms with Gasteiger partial charge in [-0.3, -0.25) is 4.79 Å². The number of piperidine rings is 1. The molecule has 0 atom stereocenters. The van der Waals surface area contributed by atoms with Crippen LogP contribution >= 0.6 is 0 Å². The molecule has 0 bridgehead atoms. The number of benzene rings is 2. The zero-order valence-corrected chi connectivity index (χ0v) is 17.1. The van der Waals surface area contributed by atoms with E-state index < -0.39 is 10.0 Å². The van der Waals surface area contributed by atoms with E-state index in [0.29, 0.717) is 17.4 Å². The average Bonchev–Trinajstić information content (AvgIpc) is 2.74. The Morgan fingerprint density at radius 3 is 2.29 bits per heavy atom. The molecule has 1 heterocycles. The van der Waals surface area contributed by atoms with Gasteiger partial charge in [-0.15, -0.1) is 0 Å². The van der Waals surface area contributed by atoms with E-state index >= 15 is 0 Å². The molecule has 150 valence electrons. The Labute approximate surface area is 167 Å². The Kier molecular flexibility index (Phi) is 6.86. The first-order chi connectivity index (χ1) is 13.5. The zero-order valence-electron chi connectivity index (χ0n) is 16.3. The quantitative estimate of drug-likeness (QED) is 0.774. The molecule has 0 aliphatic carbocycles. The predicted molar refractivity (Wildman–Crippen MR) is 111 cm³/mol. The molecule has 1 fully saturated rings. The van der Waals surface area contributed by atoms with Gasteiger partial charge in [-0.25, -0.2) is 13.1 Å². The normalized spacial score (nSPS) is 15.5. The first-order valence-electron chi connectivity index (χ1n) is 9.92. The molecule has 5 nitrogen and oxygen atoms in total. The number of hydrogen-bond donors (Lipinski definition) is 1. The van der Waals surface area contributed by atoms with Gasteiger partial charge in [0.25, 0.3) is 5.91 Å². The maximum absolute atomic E-state index is 12.5. The number of carbonyl (C=O) groups excluding carboxylic acids is 1. The monoisotopic (exact) mass is 400 g/mol. The summed E-state index contributed by atoms with van der Waals surface area (Å²) in [6.07, 6.45) is 3.50. The maximum atomic E-state index is 12.5. The number of likely N-dealkylation sites (tertiary alicyclic amines) is 1. The first-order valence-corrected chi connectivity index (χ1v) is 11.4. The number of rotatable bonds is 7. The SMILES string of the molecule is CCc1ccc(S(=O)(=O)NCCC2CCN(C(=O)c3ccccc3)CC2)cc1. The van der Waals surface area contributed by atoms with Crippen molar-refractivity contribution >= 4 is 15.9 Å². The highest BCUT2D eigenvalue weighted by atomic mass is 32.2. The minimum absolute atomic E-state index is 0.0790. The van der Waals surface area contributed by atoms with Gasteiger partial charge in [-0.1, -0.05) is 37.3 Å². The Morgan fingerprint density at radius 2 is 1.68 bits per heavy atom. The van der Waals surface area contributed by atoms with Crippen molar-refractivity contribution in [3.05, 3.63) is 65.7 Å². The van der Waals surface area contributed by atoms with Gasteiger partial charge in [0.1, 0.15) is 0 Å². The smallest absolute Gasteiger partial charge is 0.253 e. The van der Waals surface area contributed by atoms with Gasteiger partial charge in [0, 0.05) is 25.2 Å². The third-order valence-corrected chi connectivity index (χ3v) is 6.89. The van der Waals surface area contributed by atoms with Crippen molar-refractivity contribution in [1.29, 1.82) is 0 Å². The van der Waals surface area contributed by atoms with Crippen LogP contribution < -0.4 is 4.72 Å². The molecule has 1 saturated heterocycles. The second-order valence-corrected chi connectivity index (χ2v) is 9.05. The van der Waals surface area contributed by atoms with Gasteiger partial charge in [-0.05, 0) is 61.4 Å². The lowest BCUT2D eigenvalue weighted by Gasteiger charge is -2.32. The molecule has 1 aliphatic heterocycles. The van der Waals surface area contributed by atoms with Gasteiger partial charge in [0.15, 0.2) is 0 Å². The molecular weight excluding hydrogens is 372 g/mol. The van der Waals surface area contributed by atoms with Crippen LogP contribution in [0, 0.1) is 5.92 Å². The van der Waals surface area contributed by atoms with Gasteiger partial charge in [0.2, 0.25) is 10.0 Å². The van der Waals surface area contributed by atoms with Crippen molar-refractivity contribution in [2.75, 3.05) is 19.6 Å². The highest BCUT2D eigenvalue weighted by Gasteiger charge is 2.24. The second kappa shape index (κ2) is 9.34. The Bertz CT molecular complexity index is 872. The molecule has 0 aromatic heterocycles. The van der Waals surface area contributed by atoms with E-state index in [0.717, 1.165) is 49.9 Å². The molecule has 28 heavy (non-hydrogen) atoms. The predicted octanol–water partition coefficient (Wildman–Crippen LogP) is 3.47. The number of nitrogens with one attached hydrogen (secondary N) is 1. The molecule has 1 N–H and O–H groups in total. The van der Waals surface area contributed by atoms with Crippen LogP contribution in [0.2, 0.25) is 0 Å². The molecule has 3 rings (SSSR count). The maximum Gasteiger partial charge on any atom is 0.253 e. The lowest BCUT2D eigenvalue weighted by Crippen LogP contribution is -2.39. The Balaban J connectivity index is 1.44. The Morgan fingerprint density at radius 1 is 1.04 bits per heavy atom. The Hall–Kier alpha value is -2.18. The van der Waals surface area contributed by atoms with Crippen molar-refractivity contribution in [2.45, 2.75) is 37.5 Å². The lowest BCUT2D eigenvalue weighted by atomic mass is 9.93. The largest absolute Gasteiger partial charge is 0.339 e. The van der Waals surface area contributed by atoms with Crippen molar-refractivity contribution in [2.24, 2.45) is 5.92 Å². The van der Waals surface area contributed by atoms with Gasteiger partial charge in [-0.2, -0.15) is 0 Å². The van der Waals surface area contributed by atoms with E-state index in [1.807, 2.05) is 54.3 Å². The fourth-order valence-electron chi connectivity index (χ4n) is 3.57. The first kappa shape index (κ1) is 20.6. The highest BCUT2D eigenvalue weighted by Crippen LogP contribution is 2.22. The summed E-state index contributed by atoms with van der Waals surface area (Å²) in [5.74, 6) is 0.514. The summed E-state index contributed by atoms with van der Waals surface area (Å²) in [4.78, 5) is 14.7. The zero-order chi connectivity index (χ0) is 20.0. The summed E-state index contributed by atoms with van der Waals surface area (Å²) < 4.78 is 27.5. The van der Waals surface area contributed by atoms with E-state index in [1.165, 1.54) is 0 Å². The van der Waals surface area contributed by atoms with E-state index in [-0.39, 0.29) is 5.91 Å². The fourth-order valence-corrected chi connectivity index (χ4v) is 4.62. The van der Waals surface area contributed by atoms with Crippen molar-refractivity contribution < 1.29 is 13.2 Å². The average molecular weight is 401 g/mol. The van der Waals surface area contributed by atoms with Crippen molar-refractivity contribution in [3.63, 3.8) is 0 Å². The van der Waals surface area contributed by atoms with Gasteiger partial charge < -0.3 is 4.90 Å². The summed E-state index contributed by atoms with van der Waals surface area (Å²) >= 11 is 0. The third-order valence-electron chi connectivity index (χ3n) is 5.41. The standard InChI is InChI=1S/C22H28N2O3S/c1-2-18-8-10-21(11-9-18)28(26,27)23-15-12-19-13-16-24(17-14-19)22(25)20-6-4-3-5-7-20/h3-11,19,23H,2,12-17H2,1H3. The topological polar surface area (TPSA) is 66.5 Å². The third kappa shape index (κ3) is 5.20. The van der Waals surface area contributed by atoms with Crippen molar-refractivity contribution in [1.82, 2.24) is 9.62 Å². The number of sulfonamides is 1. The fraction of sp³-hybridized carbons (Fsp3) is 0.409. The number of aryl methyl sites for hydroxylation is 1. The molecular formula is C22H28N2O3S. The van der Waals surface area contributed by atoms with Crippen LogP contribution in [0.1, 0.15) is 42.1 Å². The molecule has 0 radical (unpaired) electrons. The number of carbonyl (C=O) groups is 1. The number of amides is 1. The molecule has 1 aliphatic rings. The molecule has 0 saturated carbocycles. The van der Waals surface area contributed by atoms with Crippen LogP contribution in [0.25, 0.3) is 0 Å². The lowest BCUT2D eigenvalue weighted by molar-refractivity contribution is 0.0687. The molecule has 6 heteroatoms. The van der Waals surface area contributed by atoms with E-state index in [1.54, 1.807) is 12.1 Å². The molecule has 1 amide bonds. The van der Waals surface area contributed by atoms with Gasteiger partial charge in [0.05, 0.1) is 4.90 Å².